The second-order valence-corrected chi connectivity index (χ2v) is 8.75. The van der Waals surface area contributed by atoms with Crippen LogP contribution >= 0.6 is 0 Å². The summed E-state index contributed by atoms with van der Waals surface area (Å²) in [5.74, 6) is 2.28. The van der Waals surface area contributed by atoms with Crippen molar-refractivity contribution in [2.24, 2.45) is 40.2 Å². The zero-order valence-corrected chi connectivity index (χ0v) is 13.8. The van der Waals surface area contributed by atoms with Gasteiger partial charge in [0.2, 0.25) is 0 Å². The maximum absolute atomic E-state index is 10.7. The SMILES string of the molecule is C[C@@]12CC=C[C@H]1[C@@H]1[C@@H](N)CC3CCC(O)=C(O)[C@]3(C)[C@H]1CC2. The highest BCUT2D eigenvalue weighted by atomic mass is 16.3. The van der Waals surface area contributed by atoms with E-state index in [1.807, 2.05) is 0 Å². The molecule has 0 saturated heterocycles. The molecule has 0 bridgehead atoms. The summed E-state index contributed by atoms with van der Waals surface area (Å²) in [6.45, 7) is 4.59. The summed E-state index contributed by atoms with van der Waals surface area (Å²) < 4.78 is 0. The predicted octanol–water partition coefficient (Wildman–Crippen LogP) is 4.07. The molecule has 2 fully saturated rings. The van der Waals surface area contributed by atoms with Gasteiger partial charge in [0.05, 0.1) is 0 Å². The Morgan fingerprint density at radius 3 is 2.77 bits per heavy atom. The van der Waals surface area contributed by atoms with E-state index in [1.54, 1.807) is 0 Å². The van der Waals surface area contributed by atoms with Gasteiger partial charge in [-0.2, -0.15) is 0 Å². The van der Waals surface area contributed by atoms with Crippen LogP contribution in [0.3, 0.4) is 0 Å². The topological polar surface area (TPSA) is 66.5 Å². The lowest BCUT2D eigenvalue weighted by Crippen LogP contribution is -2.59. The Bertz CT molecular complexity index is 554. The third-order valence-electron chi connectivity index (χ3n) is 7.82. The molecule has 0 amide bonds. The van der Waals surface area contributed by atoms with Gasteiger partial charge in [-0.1, -0.05) is 26.0 Å². The molecule has 22 heavy (non-hydrogen) atoms. The number of fused-ring (bicyclic) bond motifs is 5. The lowest BCUT2D eigenvalue weighted by molar-refractivity contribution is -0.0964. The molecule has 3 nitrogen and oxygen atoms in total. The van der Waals surface area contributed by atoms with Crippen molar-refractivity contribution in [1.82, 2.24) is 0 Å². The normalized spacial score (nSPS) is 53.9. The molecule has 0 aromatic rings. The molecule has 4 aliphatic carbocycles. The highest BCUT2D eigenvalue weighted by Crippen LogP contribution is 2.65. The summed E-state index contributed by atoms with van der Waals surface area (Å²) in [7, 11) is 0. The Labute approximate surface area is 133 Å². The first-order chi connectivity index (χ1) is 10.4. The fourth-order valence-electron chi connectivity index (χ4n) is 6.47. The molecule has 122 valence electrons. The molecule has 7 atom stereocenters. The Morgan fingerprint density at radius 1 is 1.23 bits per heavy atom. The van der Waals surface area contributed by atoms with E-state index >= 15 is 0 Å². The lowest BCUT2D eigenvalue weighted by Gasteiger charge is -2.60. The van der Waals surface area contributed by atoms with E-state index in [0.717, 1.165) is 19.3 Å². The first-order valence-corrected chi connectivity index (χ1v) is 8.92. The molecule has 0 heterocycles. The van der Waals surface area contributed by atoms with Crippen molar-refractivity contribution >= 4 is 0 Å². The van der Waals surface area contributed by atoms with Gasteiger partial charge in [-0.25, -0.2) is 0 Å². The predicted molar refractivity (Wildman–Crippen MR) is 87.3 cm³/mol. The van der Waals surface area contributed by atoms with E-state index in [1.165, 1.54) is 12.8 Å². The number of rotatable bonds is 0. The van der Waals surface area contributed by atoms with Gasteiger partial charge in [0, 0.05) is 17.9 Å². The van der Waals surface area contributed by atoms with Crippen molar-refractivity contribution in [3.63, 3.8) is 0 Å². The summed E-state index contributed by atoms with van der Waals surface area (Å²) in [5, 5.41) is 20.9. The van der Waals surface area contributed by atoms with Crippen molar-refractivity contribution in [2.45, 2.75) is 58.4 Å². The van der Waals surface area contributed by atoms with Crippen molar-refractivity contribution in [2.75, 3.05) is 0 Å². The van der Waals surface area contributed by atoms with Gasteiger partial charge in [0.25, 0.3) is 0 Å². The maximum Gasteiger partial charge on any atom is 0.136 e. The van der Waals surface area contributed by atoms with Crippen LogP contribution in [0.25, 0.3) is 0 Å². The Kier molecular flexibility index (Phi) is 3.01. The Balaban J connectivity index is 1.79. The largest absolute Gasteiger partial charge is 0.509 e. The molecular weight excluding hydrogens is 274 g/mol. The van der Waals surface area contributed by atoms with Crippen LogP contribution in [0.2, 0.25) is 0 Å². The zero-order chi connectivity index (χ0) is 15.7. The molecule has 0 aromatic heterocycles. The smallest absolute Gasteiger partial charge is 0.136 e. The van der Waals surface area contributed by atoms with Gasteiger partial charge in [-0.05, 0) is 61.2 Å². The van der Waals surface area contributed by atoms with Crippen LogP contribution in [-0.2, 0) is 0 Å². The van der Waals surface area contributed by atoms with E-state index in [4.69, 9.17) is 5.73 Å². The molecular formula is C19H29NO2. The van der Waals surface area contributed by atoms with Crippen LogP contribution in [0.1, 0.15) is 52.4 Å². The molecule has 0 aliphatic heterocycles. The number of aliphatic hydroxyl groups is 2. The average Bonchev–Trinajstić information content (AvgIpc) is 2.87. The standard InChI is InChI=1S/C19H29NO2/c1-18-8-3-4-12(18)16-13(7-9-18)19(2)11(10-14(16)20)5-6-15(21)17(19)22/h3-4,11-14,16,21-22H,5-10,20H2,1-2H3/t11?,12-,13-,14-,16-,18-,19-/m0/s1. The third-order valence-corrected chi connectivity index (χ3v) is 7.82. The van der Waals surface area contributed by atoms with Gasteiger partial charge in [-0.3, -0.25) is 0 Å². The number of nitrogens with two attached hydrogens (primary N) is 1. The van der Waals surface area contributed by atoms with Crippen LogP contribution in [-0.4, -0.2) is 16.3 Å². The lowest BCUT2D eigenvalue weighted by atomic mass is 9.45. The second-order valence-electron chi connectivity index (χ2n) is 8.75. The average molecular weight is 303 g/mol. The monoisotopic (exact) mass is 303 g/mol. The van der Waals surface area contributed by atoms with E-state index in [9.17, 15) is 10.2 Å². The molecule has 1 unspecified atom stereocenters. The molecule has 3 heteroatoms. The summed E-state index contributed by atoms with van der Waals surface area (Å²) in [6, 6.07) is 0.225. The highest BCUT2D eigenvalue weighted by Gasteiger charge is 2.61. The minimum absolute atomic E-state index is 0.225. The van der Waals surface area contributed by atoms with Gasteiger partial charge >= 0.3 is 0 Å². The summed E-state index contributed by atoms with van der Waals surface area (Å²) in [4.78, 5) is 0. The number of aliphatic hydroxyl groups excluding tert-OH is 2. The zero-order valence-electron chi connectivity index (χ0n) is 13.8. The van der Waals surface area contributed by atoms with Crippen LogP contribution < -0.4 is 5.73 Å². The second kappa shape index (κ2) is 4.53. The minimum atomic E-state index is -0.277. The van der Waals surface area contributed by atoms with Gasteiger partial charge in [0.1, 0.15) is 11.5 Å². The van der Waals surface area contributed by atoms with Gasteiger partial charge in [0.15, 0.2) is 0 Å². The summed E-state index contributed by atoms with van der Waals surface area (Å²) in [5.41, 5.74) is 6.74. The van der Waals surface area contributed by atoms with Crippen molar-refractivity contribution in [3.8, 4) is 0 Å². The number of hydrogen-bond acceptors (Lipinski definition) is 3. The Morgan fingerprint density at radius 2 is 2.00 bits per heavy atom. The fourth-order valence-corrected chi connectivity index (χ4v) is 6.47. The molecule has 0 spiro atoms. The quantitative estimate of drug-likeness (QED) is 0.591. The maximum atomic E-state index is 10.7. The van der Waals surface area contributed by atoms with E-state index in [2.05, 4.69) is 26.0 Å². The summed E-state index contributed by atoms with van der Waals surface area (Å²) >= 11 is 0. The first-order valence-electron chi connectivity index (χ1n) is 8.92. The van der Waals surface area contributed by atoms with Crippen molar-refractivity contribution in [3.05, 3.63) is 23.7 Å². The minimum Gasteiger partial charge on any atom is -0.509 e. The van der Waals surface area contributed by atoms with E-state index in [0.29, 0.717) is 35.5 Å². The third kappa shape index (κ3) is 1.66. The molecule has 4 rings (SSSR count). The molecule has 0 radical (unpaired) electrons. The van der Waals surface area contributed by atoms with E-state index < -0.39 is 0 Å². The van der Waals surface area contributed by atoms with Crippen LogP contribution in [0.5, 0.6) is 0 Å². The van der Waals surface area contributed by atoms with Gasteiger partial charge < -0.3 is 15.9 Å². The van der Waals surface area contributed by atoms with Crippen LogP contribution in [0.15, 0.2) is 23.7 Å². The highest BCUT2D eigenvalue weighted by molar-refractivity contribution is 5.25. The first kappa shape index (κ1) is 14.6. The number of allylic oxidation sites excluding steroid dienone is 4. The van der Waals surface area contributed by atoms with Crippen LogP contribution in [0.4, 0.5) is 0 Å². The molecule has 0 aromatic carbocycles. The Hall–Kier alpha value is -0.960. The van der Waals surface area contributed by atoms with Crippen LogP contribution in [0, 0.1) is 34.5 Å². The molecule has 4 aliphatic rings. The summed E-state index contributed by atoms with van der Waals surface area (Å²) in [6.07, 6.45) is 10.8. The molecule has 4 N–H and O–H groups in total. The van der Waals surface area contributed by atoms with Crippen molar-refractivity contribution in [1.29, 1.82) is 0 Å². The van der Waals surface area contributed by atoms with Crippen molar-refractivity contribution < 1.29 is 10.2 Å². The number of hydrogen-bond donors (Lipinski definition) is 3. The fraction of sp³-hybridized carbons (Fsp3) is 0.789. The van der Waals surface area contributed by atoms with E-state index in [-0.39, 0.29) is 23.0 Å². The molecule has 2 saturated carbocycles. The van der Waals surface area contributed by atoms with Gasteiger partial charge in [-0.15, -0.1) is 0 Å².